The van der Waals surface area contributed by atoms with E-state index in [0.29, 0.717) is 37.2 Å². The third-order valence-electron chi connectivity index (χ3n) is 6.64. The predicted octanol–water partition coefficient (Wildman–Crippen LogP) is 5.65. The van der Waals surface area contributed by atoms with Crippen LogP contribution in [0, 0.1) is 6.92 Å². The normalized spacial score (nSPS) is 13.0. The molecular formula is C33H38O8S. The number of aliphatic hydroxyl groups is 1. The van der Waals surface area contributed by atoms with Crippen molar-refractivity contribution in [3.05, 3.63) is 102 Å². The maximum absolute atomic E-state index is 13.6. The minimum Gasteiger partial charge on any atom is -0.493 e. The second kappa shape index (κ2) is 15.9. The largest absolute Gasteiger partial charge is 0.493 e. The Morgan fingerprint density at radius 2 is 1.69 bits per heavy atom. The molecule has 2 unspecified atom stereocenters. The van der Waals surface area contributed by atoms with Gasteiger partial charge in [-0.25, -0.2) is 13.2 Å². The summed E-state index contributed by atoms with van der Waals surface area (Å²) in [6.07, 6.45) is 3.69. The van der Waals surface area contributed by atoms with E-state index in [1.807, 2.05) is 6.92 Å². The van der Waals surface area contributed by atoms with Crippen LogP contribution in [0.1, 0.15) is 54.1 Å². The molecule has 0 bridgehead atoms. The molecule has 0 aliphatic carbocycles. The lowest BCUT2D eigenvalue weighted by Gasteiger charge is -2.21. The van der Waals surface area contributed by atoms with Gasteiger partial charge in [-0.05, 0) is 81.5 Å². The Hall–Kier alpha value is -3.95. The first-order valence-corrected chi connectivity index (χ1v) is 15.5. The standard InChI is InChI=1S/C33H38O8S/c1-4-40-32(35)14-10-6-9-13-31(42(37,38)27-19-15-24(2)16-20-27)28(34)21-17-25-18-22-29(30(23-25)39-3)41-33(36)26-11-7-5-8-12-26/h5,7-9,11-13,15-16,18-20,22-23,28,31,34H,4,6,10,14,17,21H2,1-3H3. The van der Waals surface area contributed by atoms with Gasteiger partial charge in [0.1, 0.15) is 5.25 Å². The minimum atomic E-state index is -3.90. The average molecular weight is 595 g/mol. The van der Waals surface area contributed by atoms with Crippen LogP contribution in [0.25, 0.3) is 0 Å². The van der Waals surface area contributed by atoms with Crippen molar-refractivity contribution in [3.8, 4) is 11.5 Å². The lowest BCUT2D eigenvalue weighted by atomic mass is 10.0. The van der Waals surface area contributed by atoms with Gasteiger partial charge < -0.3 is 19.3 Å². The van der Waals surface area contributed by atoms with Gasteiger partial charge in [-0.2, -0.15) is 0 Å². The molecule has 0 heterocycles. The third-order valence-corrected chi connectivity index (χ3v) is 8.76. The predicted molar refractivity (Wildman–Crippen MR) is 160 cm³/mol. The van der Waals surface area contributed by atoms with Gasteiger partial charge in [0, 0.05) is 6.42 Å². The summed E-state index contributed by atoms with van der Waals surface area (Å²) in [5.74, 6) is -0.223. The van der Waals surface area contributed by atoms with Gasteiger partial charge in [0.25, 0.3) is 0 Å². The second-order valence-corrected chi connectivity index (χ2v) is 11.9. The summed E-state index contributed by atoms with van der Waals surface area (Å²) in [5, 5.41) is 9.97. The number of carbonyl (C=O) groups is 2. The van der Waals surface area contributed by atoms with Crippen molar-refractivity contribution in [1.29, 1.82) is 0 Å². The molecule has 1 N–H and O–H groups in total. The van der Waals surface area contributed by atoms with Crippen LogP contribution in [0.15, 0.2) is 89.8 Å². The van der Waals surface area contributed by atoms with Gasteiger partial charge in [0.05, 0.1) is 30.3 Å². The summed E-state index contributed by atoms with van der Waals surface area (Å²) in [4.78, 5) is 24.2. The van der Waals surface area contributed by atoms with Gasteiger partial charge in [-0.3, -0.25) is 4.79 Å². The number of methoxy groups -OCH3 is 1. The van der Waals surface area contributed by atoms with Crippen LogP contribution in [0.4, 0.5) is 0 Å². The number of allylic oxidation sites excluding steroid dienone is 1. The van der Waals surface area contributed by atoms with E-state index >= 15 is 0 Å². The van der Waals surface area contributed by atoms with Crippen molar-refractivity contribution in [2.24, 2.45) is 0 Å². The minimum absolute atomic E-state index is 0.125. The Balaban J connectivity index is 1.73. The number of hydrogen-bond donors (Lipinski definition) is 1. The molecule has 3 aromatic carbocycles. The maximum atomic E-state index is 13.6. The molecule has 9 heteroatoms. The van der Waals surface area contributed by atoms with Crippen molar-refractivity contribution >= 4 is 21.8 Å². The number of ether oxygens (including phenoxy) is 3. The van der Waals surface area contributed by atoms with E-state index in [2.05, 4.69) is 0 Å². The van der Waals surface area contributed by atoms with Gasteiger partial charge in [0.15, 0.2) is 21.3 Å². The Bertz CT molecular complexity index is 1450. The molecule has 0 saturated carbocycles. The van der Waals surface area contributed by atoms with E-state index in [4.69, 9.17) is 14.2 Å². The highest BCUT2D eigenvalue weighted by atomic mass is 32.2. The zero-order chi connectivity index (χ0) is 30.5. The molecule has 42 heavy (non-hydrogen) atoms. The van der Waals surface area contributed by atoms with Crippen molar-refractivity contribution in [2.75, 3.05) is 13.7 Å². The number of benzene rings is 3. The molecule has 3 rings (SSSR count). The van der Waals surface area contributed by atoms with Crippen molar-refractivity contribution in [2.45, 2.75) is 62.2 Å². The lowest BCUT2D eigenvalue weighted by Crippen LogP contribution is -2.33. The highest BCUT2D eigenvalue weighted by Gasteiger charge is 2.31. The van der Waals surface area contributed by atoms with E-state index in [-0.39, 0.29) is 29.5 Å². The Morgan fingerprint density at radius 3 is 2.36 bits per heavy atom. The molecule has 0 aliphatic rings. The van der Waals surface area contributed by atoms with Gasteiger partial charge in [-0.15, -0.1) is 0 Å². The molecular weight excluding hydrogens is 556 g/mol. The van der Waals surface area contributed by atoms with Crippen molar-refractivity contribution in [3.63, 3.8) is 0 Å². The third kappa shape index (κ3) is 9.29. The lowest BCUT2D eigenvalue weighted by molar-refractivity contribution is -0.143. The van der Waals surface area contributed by atoms with Crippen LogP contribution in [0.5, 0.6) is 11.5 Å². The molecule has 0 radical (unpaired) electrons. The van der Waals surface area contributed by atoms with Gasteiger partial charge >= 0.3 is 11.9 Å². The quantitative estimate of drug-likeness (QED) is 0.104. The summed E-state index contributed by atoms with van der Waals surface area (Å²) in [6, 6.07) is 20.2. The number of sulfone groups is 1. The van der Waals surface area contributed by atoms with E-state index in [9.17, 15) is 23.1 Å². The van der Waals surface area contributed by atoms with E-state index in [0.717, 1.165) is 11.1 Å². The number of carbonyl (C=O) groups excluding carboxylic acids is 2. The van der Waals surface area contributed by atoms with Gasteiger partial charge in [-0.1, -0.05) is 54.1 Å². The Kier molecular flexibility index (Phi) is 12.3. The van der Waals surface area contributed by atoms with E-state index in [1.165, 1.54) is 13.2 Å². The SMILES string of the molecule is CCOC(=O)CCCC=CC(C(O)CCc1ccc(OC(=O)c2ccccc2)c(OC)c1)S(=O)(=O)c1ccc(C)cc1. The smallest absolute Gasteiger partial charge is 0.343 e. The van der Waals surface area contributed by atoms with Crippen LogP contribution >= 0.6 is 0 Å². The van der Waals surface area contributed by atoms with Gasteiger partial charge in [0.2, 0.25) is 0 Å². The molecule has 2 atom stereocenters. The van der Waals surface area contributed by atoms with Crippen molar-refractivity contribution in [1.82, 2.24) is 0 Å². The fourth-order valence-electron chi connectivity index (χ4n) is 4.31. The van der Waals surface area contributed by atoms with E-state index < -0.39 is 27.2 Å². The monoisotopic (exact) mass is 594 g/mol. The summed E-state index contributed by atoms with van der Waals surface area (Å²) in [7, 11) is -2.44. The first-order valence-electron chi connectivity index (χ1n) is 13.9. The van der Waals surface area contributed by atoms with Crippen LogP contribution < -0.4 is 9.47 Å². The van der Waals surface area contributed by atoms with E-state index in [1.54, 1.807) is 85.8 Å². The van der Waals surface area contributed by atoms with Crippen LogP contribution in [0.2, 0.25) is 0 Å². The fraction of sp³-hybridized carbons (Fsp3) is 0.333. The molecule has 0 fully saturated rings. The number of rotatable bonds is 15. The van der Waals surface area contributed by atoms with Crippen molar-refractivity contribution < 1.29 is 37.3 Å². The Labute approximate surface area is 247 Å². The molecule has 0 saturated heterocycles. The number of esters is 2. The second-order valence-electron chi connectivity index (χ2n) is 9.79. The molecule has 3 aromatic rings. The first kappa shape index (κ1) is 32.6. The Morgan fingerprint density at radius 1 is 0.976 bits per heavy atom. The average Bonchev–Trinajstić information content (AvgIpc) is 2.98. The molecule has 224 valence electrons. The molecule has 0 spiro atoms. The number of unbranched alkanes of at least 4 members (excludes halogenated alkanes) is 1. The summed E-state index contributed by atoms with van der Waals surface area (Å²) in [6.45, 7) is 3.92. The molecule has 0 aromatic heterocycles. The zero-order valence-corrected chi connectivity index (χ0v) is 25.0. The number of aliphatic hydroxyl groups excluding tert-OH is 1. The fourth-order valence-corrected chi connectivity index (χ4v) is 6.01. The zero-order valence-electron chi connectivity index (χ0n) is 24.2. The maximum Gasteiger partial charge on any atom is 0.343 e. The highest BCUT2D eigenvalue weighted by Crippen LogP contribution is 2.30. The molecule has 0 amide bonds. The molecule has 8 nitrogen and oxygen atoms in total. The number of aryl methyl sites for hydroxylation is 2. The summed E-state index contributed by atoms with van der Waals surface area (Å²) >= 11 is 0. The molecule has 0 aliphatic heterocycles. The topological polar surface area (TPSA) is 116 Å². The summed E-state index contributed by atoms with van der Waals surface area (Å²) in [5.41, 5.74) is 2.10. The van der Waals surface area contributed by atoms with Crippen LogP contribution in [-0.2, 0) is 25.8 Å². The van der Waals surface area contributed by atoms with Crippen LogP contribution in [-0.4, -0.2) is 50.5 Å². The van der Waals surface area contributed by atoms with Crippen LogP contribution in [0.3, 0.4) is 0 Å². The summed E-state index contributed by atoms with van der Waals surface area (Å²) < 4.78 is 43.0. The first-order chi connectivity index (χ1) is 20.1. The number of hydrogen-bond acceptors (Lipinski definition) is 8. The highest BCUT2D eigenvalue weighted by molar-refractivity contribution is 7.92.